The fourth-order valence-electron chi connectivity index (χ4n) is 5.10. The monoisotopic (exact) mass is 496 g/mol. The third-order valence-electron chi connectivity index (χ3n) is 6.16. The average molecular weight is 499 g/mol. The van der Waals surface area contributed by atoms with Gasteiger partial charge in [-0.25, -0.2) is 0 Å². The molecule has 0 atom stereocenters. The zero-order chi connectivity index (χ0) is 17.7. The molecule has 0 saturated heterocycles. The minimum atomic E-state index is -3.28. The summed E-state index contributed by atoms with van der Waals surface area (Å²) in [6, 6.07) is 18.0. The first-order valence-corrected chi connectivity index (χ1v) is 22.7. The molecule has 4 rings (SSSR count). The topological polar surface area (TPSA) is 20.2 Å². The van der Waals surface area contributed by atoms with Crippen LogP contribution in [0.15, 0.2) is 69.5 Å². The fraction of sp³-hybridized carbons (Fsp3) is 0.273. The molecule has 0 bridgehead atoms. The van der Waals surface area contributed by atoms with Gasteiger partial charge >= 0.3 is 154 Å². The van der Waals surface area contributed by atoms with Crippen molar-refractivity contribution in [2.75, 3.05) is 6.61 Å². The van der Waals surface area contributed by atoms with Gasteiger partial charge in [0.15, 0.2) is 0 Å². The van der Waals surface area contributed by atoms with Crippen LogP contribution in [0.1, 0.15) is 27.6 Å². The molecule has 2 aromatic carbocycles. The van der Waals surface area contributed by atoms with Crippen LogP contribution in [0.5, 0.6) is 0 Å². The van der Waals surface area contributed by atoms with Gasteiger partial charge in [-0.2, -0.15) is 0 Å². The Morgan fingerprint density at radius 3 is 2.00 bits per heavy atom. The SMILES string of the molecule is Cl.Cl.[CH3][Zr]([CH3])(=[SiH2])([C]1=C(CCO)C=CC1)[CH]1c2ccccc2-c2ccccc21. The number of aliphatic hydroxyl groups is 1. The first kappa shape index (κ1) is 22.8. The maximum atomic E-state index is 9.53. The number of hydrogen-bond acceptors (Lipinski definition) is 1. The first-order valence-electron chi connectivity index (χ1n) is 9.18. The van der Waals surface area contributed by atoms with Crippen LogP contribution in [0, 0.1) is 0 Å². The molecule has 0 aromatic heterocycles. The molecule has 2 aromatic rings. The Balaban J connectivity index is 0.00000131. The number of allylic oxidation sites excluding steroid dienone is 3. The second-order valence-corrected chi connectivity index (χ2v) is 38.1. The van der Waals surface area contributed by atoms with Gasteiger partial charge in [-0.1, -0.05) is 0 Å². The van der Waals surface area contributed by atoms with Crippen molar-refractivity contribution < 1.29 is 22.5 Å². The Kier molecular flexibility index (Phi) is 6.87. The van der Waals surface area contributed by atoms with Crippen molar-refractivity contribution in [3.8, 4) is 11.1 Å². The molecule has 1 nitrogen and oxygen atoms in total. The molecule has 144 valence electrons. The van der Waals surface area contributed by atoms with Crippen LogP contribution in [0.3, 0.4) is 0 Å². The molecule has 2 aliphatic rings. The van der Waals surface area contributed by atoms with Gasteiger partial charge in [0.05, 0.1) is 0 Å². The van der Waals surface area contributed by atoms with E-state index in [-0.39, 0.29) is 31.4 Å². The number of rotatable bonds is 4. The molecular formula is C22H28Cl2OSiZr. The second-order valence-electron chi connectivity index (χ2n) is 8.50. The molecule has 27 heavy (non-hydrogen) atoms. The molecule has 0 radical (unpaired) electrons. The minimum absolute atomic E-state index is 0. The molecule has 0 spiro atoms. The van der Waals surface area contributed by atoms with Crippen LogP contribution in [-0.4, -0.2) is 18.6 Å². The van der Waals surface area contributed by atoms with Crippen molar-refractivity contribution in [1.82, 2.24) is 0 Å². The summed E-state index contributed by atoms with van der Waals surface area (Å²) in [6.07, 6.45) is 6.46. The quantitative estimate of drug-likeness (QED) is 0.550. The summed E-state index contributed by atoms with van der Waals surface area (Å²) >= 11 is -3.28. The Morgan fingerprint density at radius 1 is 0.963 bits per heavy atom. The molecule has 2 aliphatic carbocycles. The van der Waals surface area contributed by atoms with E-state index in [1.165, 1.54) is 27.8 Å². The van der Waals surface area contributed by atoms with E-state index in [4.69, 9.17) is 0 Å². The number of aliphatic hydroxyl groups excluding tert-OH is 1. The van der Waals surface area contributed by atoms with Gasteiger partial charge in [0.25, 0.3) is 0 Å². The summed E-state index contributed by atoms with van der Waals surface area (Å²) in [5.74, 6) is 0. The van der Waals surface area contributed by atoms with Crippen molar-refractivity contribution in [2.45, 2.75) is 25.7 Å². The number of halogens is 2. The van der Waals surface area contributed by atoms with E-state index in [0.29, 0.717) is 3.63 Å². The Bertz CT molecular complexity index is 942. The normalized spacial score (nSPS) is 15.9. The van der Waals surface area contributed by atoms with E-state index in [1.807, 2.05) is 0 Å². The van der Waals surface area contributed by atoms with Gasteiger partial charge in [0.2, 0.25) is 0 Å². The number of fused-ring (bicyclic) bond motifs is 3. The fourth-order valence-corrected chi connectivity index (χ4v) is 21.9. The average Bonchev–Trinajstić information content (AvgIpc) is 3.18. The molecule has 0 saturated carbocycles. The van der Waals surface area contributed by atoms with Crippen LogP contribution < -0.4 is 0 Å². The van der Waals surface area contributed by atoms with E-state index >= 15 is 0 Å². The summed E-state index contributed by atoms with van der Waals surface area (Å²) in [5.41, 5.74) is 7.31. The maximum absolute atomic E-state index is 9.53. The Morgan fingerprint density at radius 2 is 1.48 bits per heavy atom. The molecule has 1 N–H and O–H groups in total. The van der Waals surface area contributed by atoms with Crippen molar-refractivity contribution in [2.24, 2.45) is 0 Å². The number of hydrogen-bond donors (Lipinski definition) is 1. The molecule has 0 aliphatic heterocycles. The first-order chi connectivity index (χ1) is 11.9. The molecule has 0 heterocycles. The Labute approximate surface area is 177 Å². The predicted octanol–water partition coefficient (Wildman–Crippen LogP) is 5.53. The molecule has 0 fully saturated rings. The summed E-state index contributed by atoms with van der Waals surface area (Å²) in [7, 11) is 0. The van der Waals surface area contributed by atoms with Crippen LogP contribution >= 0.6 is 24.8 Å². The van der Waals surface area contributed by atoms with Gasteiger partial charge in [-0.05, 0) is 0 Å². The van der Waals surface area contributed by atoms with Gasteiger partial charge in [-0.15, -0.1) is 24.8 Å². The van der Waals surface area contributed by atoms with E-state index < -0.39 is 17.4 Å². The van der Waals surface area contributed by atoms with Crippen LogP contribution in [0.2, 0.25) is 9.26 Å². The summed E-state index contributed by atoms with van der Waals surface area (Å²) in [6.45, 7) is 2.58. The van der Waals surface area contributed by atoms with Crippen molar-refractivity contribution in [3.63, 3.8) is 0 Å². The molecular weight excluding hydrogens is 470 g/mol. The zero-order valence-corrected chi connectivity index (χ0v) is 21.4. The van der Waals surface area contributed by atoms with Crippen LogP contribution in [0.4, 0.5) is 0 Å². The van der Waals surface area contributed by atoms with E-state index in [2.05, 4.69) is 76.8 Å². The summed E-state index contributed by atoms with van der Waals surface area (Å²) in [5, 5.41) is 9.53. The van der Waals surface area contributed by atoms with Gasteiger partial charge < -0.3 is 0 Å². The van der Waals surface area contributed by atoms with Gasteiger partial charge in [-0.3, -0.25) is 0 Å². The second kappa shape index (κ2) is 8.13. The molecule has 0 unspecified atom stereocenters. The Hall–Kier alpha value is -0.440. The third-order valence-corrected chi connectivity index (χ3v) is 23.3. The summed E-state index contributed by atoms with van der Waals surface area (Å²) < 4.78 is 7.45. The zero-order valence-electron chi connectivity index (χ0n) is 15.9. The standard InChI is InChI=1S/C13H9.C7H9O.2CH3.2ClH.H2Si.Zr/c1-3-7-12-10(5-1)9-11-6-2-4-8-13(11)12;8-6-5-7-3-1-2-4-7;;;;;;/h1-9H;1,3,8H,2,5-6H2;2*1H3;2*1H;1H2;. The van der Waals surface area contributed by atoms with Crippen LogP contribution in [-0.2, 0) is 17.4 Å². The van der Waals surface area contributed by atoms with Crippen molar-refractivity contribution in [3.05, 3.63) is 80.7 Å². The molecule has 5 heteroatoms. The van der Waals surface area contributed by atoms with Crippen molar-refractivity contribution in [1.29, 1.82) is 0 Å². The summed E-state index contributed by atoms with van der Waals surface area (Å²) in [4.78, 5) is 0. The van der Waals surface area contributed by atoms with E-state index in [0.717, 1.165) is 12.8 Å². The van der Waals surface area contributed by atoms with E-state index in [9.17, 15) is 5.11 Å². The molecule has 0 amide bonds. The van der Waals surface area contributed by atoms with Gasteiger partial charge in [0.1, 0.15) is 0 Å². The number of benzene rings is 2. The van der Waals surface area contributed by atoms with E-state index in [1.54, 1.807) is 3.28 Å². The van der Waals surface area contributed by atoms with Crippen LogP contribution in [0.25, 0.3) is 11.1 Å². The third kappa shape index (κ3) is 3.63. The van der Waals surface area contributed by atoms with Crippen molar-refractivity contribution >= 4 is 31.7 Å². The predicted molar refractivity (Wildman–Crippen MR) is 121 cm³/mol. The van der Waals surface area contributed by atoms with Gasteiger partial charge in [0, 0.05) is 0 Å².